The van der Waals surface area contributed by atoms with E-state index in [0.717, 1.165) is 10.0 Å². The van der Waals surface area contributed by atoms with Gasteiger partial charge in [-0.05, 0) is 77.3 Å². The number of aryl methyl sites for hydroxylation is 1. The Morgan fingerprint density at radius 1 is 1.08 bits per heavy atom. The van der Waals surface area contributed by atoms with E-state index in [1.54, 1.807) is 37.3 Å². The van der Waals surface area contributed by atoms with Crippen LogP contribution in [0, 0.1) is 17.0 Å². The molecule has 184 valence electrons. The molecule has 1 aliphatic heterocycles. The Labute approximate surface area is 224 Å². The highest BCUT2D eigenvalue weighted by atomic mass is 79.9. The van der Waals surface area contributed by atoms with Crippen LogP contribution in [0.2, 0.25) is 0 Å². The zero-order chi connectivity index (χ0) is 25.8. The van der Waals surface area contributed by atoms with E-state index < -0.39 is 10.9 Å². The number of esters is 1. The number of hydrogen-bond acceptors (Lipinski definition) is 7. The van der Waals surface area contributed by atoms with Crippen molar-refractivity contribution in [1.82, 2.24) is 0 Å². The first-order chi connectivity index (χ1) is 17.2. The van der Waals surface area contributed by atoms with Gasteiger partial charge in [0.1, 0.15) is 6.61 Å². The lowest BCUT2D eigenvalue weighted by molar-refractivity contribution is -0.385. The lowest BCUT2D eigenvalue weighted by Crippen LogP contribution is -2.06. The highest BCUT2D eigenvalue weighted by Gasteiger charge is 2.26. The van der Waals surface area contributed by atoms with Gasteiger partial charge < -0.3 is 14.2 Å². The molecule has 0 unspecified atom stereocenters. The van der Waals surface area contributed by atoms with E-state index in [9.17, 15) is 14.9 Å². The van der Waals surface area contributed by atoms with E-state index in [0.29, 0.717) is 45.9 Å². The minimum Gasteiger partial charge on any atom is -0.490 e. The first-order valence-corrected chi connectivity index (χ1v) is 12.5. The molecule has 4 rings (SSSR count). The molecular weight excluding hydrogens is 596 g/mol. The first-order valence-electron chi connectivity index (χ1n) is 10.9. The fraction of sp³-hybridized carbons (Fsp3) is 0.154. The summed E-state index contributed by atoms with van der Waals surface area (Å²) in [7, 11) is 0. The number of aliphatic imine (C=N–C) groups is 1. The fourth-order valence-corrected chi connectivity index (χ4v) is 4.28. The third-order valence-corrected chi connectivity index (χ3v) is 6.32. The number of halogens is 2. The summed E-state index contributed by atoms with van der Waals surface area (Å²) in [5, 5.41) is 11.3. The van der Waals surface area contributed by atoms with Crippen molar-refractivity contribution in [2.45, 2.75) is 20.5 Å². The minimum atomic E-state index is -0.655. The Morgan fingerprint density at radius 3 is 2.53 bits per heavy atom. The van der Waals surface area contributed by atoms with Crippen molar-refractivity contribution in [1.29, 1.82) is 0 Å². The lowest BCUT2D eigenvalue weighted by atomic mass is 10.1. The molecule has 0 saturated heterocycles. The average Bonchev–Trinajstić information content (AvgIpc) is 3.20. The predicted octanol–water partition coefficient (Wildman–Crippen LogP) is 6.75. The van der Waals surface area contributed by atoms with Gasteiger partial charge in [0.25, 0.3) is 5.69 Å². The van der Waals surface area contributed by atoms with E-state index in [1.807, 2.05) is 31.2 Å². The molecule has 0 amide bonds. The summed E-state index contributed by atoms with van der Waals surface area (Å²) in [5.74, 6) is 0.387. The molecule has 36 heavy (non-hydrogen) atoms. The third-order valence-electron chi connectivity index (χ3n) is 5.20. The minimum absolute atomic E-state index is 0.00731. The van der Waals surface area contributed by atoms with Crippen molar-refractivity contribution in [3.05, 3.63) is 102 Å². The maximum atomic E-state index is 12.5. The molecular formula is C26H20Br2N2O6. The maximum Gasteiger partial charge on any atom is 0.363 e. The number of carbonyl (C=O) groups excluding carboxylic acids is 1. The number of cyclic esters (lactones) is 1. The van der Waals surface area contributed by atoms with Crippen LogP contribution in [0.15, 0.2) is 74.2 Å². The Balaban J connectivity index is 1.62. The van der Waals surface area contributed by atoms with Crippen molar-refractivity contribution >= 4 is 55.5 Å². The van der Waals surface area contributed by atoms with Gasteiger partial charge in [-0.15, -0.1) is 0 Å². The molecule has 10 heteroatoms. The van der Waals surface area contributed by atoms with Crippen LogP contribution in [0.5, 0.6) is 11.5 Å². The molecule has 0 atom stereocenters. The van der Waals surface area contributed by atoms with Gasteiger partial charge in [0.05, 0.1) is 16.0 Å². The van der Waals surface area contributed by atoms with Crippen LogP contribution in [-0.4, -0.2) is 23.4 Å². The second-order valence-corrected chi connectivity index (χ2v) is 9.54. The van der Waals surface area contributed by atoms with Crippen molar-refractivity contribution in [3.8, 4) is 11.5 Å². The van der Waals surface area contributed by atoms with Gasteiger partial charge in [-0.3, -0.25) is 10.1 Å². The Hall–Kier alpha value is -3.50. The Bertz CT molecular complexity index is 1400. The molecule has 0 N–H and O–H groups in total. The molecule has 0 aromatic heterocycles. The van der Waals surface area contributed by atoms with Crippen LogP contribution < -0.4 is 9.47 Å². The SMILES string of the molecule is CCOc1cc(/C=C2\N=C(c3ccc(C)c([N+](=O)[O-])c3)OC2=O)cc(Br)c1OCc1ccc(Br)cc1. The molecule has 0 bridgehead atoms. The summed E-state index contributed by atoms with van der Waals surface area (Å²) < 4.78 is 18.7. The van der Waals surface area contributed by atoms with Crippen LogP contribution >= 0.6 is 31.9 Å². The standard InChI is InChI=1S/C26H20Br2N2O6/c1-3-34-23-12-17(10-20(28)24(23)35-14-16-5-8-19(27)9-6-16)11-21-26(31)36-25(29-21)18-7-4-15(2)22(13-18)30(32)33/h4-13H,3,14H2,1-2H3/b21-11-. The molecule has 8 nitrogen and oxygen atoms in total. The Kier molecular flexibility index (Phi) is 7.85. The average molecular weight is 616 g/mol. The van der Waals surface area contributed by atoms with Gasteiger partial charge in [0.15, 0.2) is 17.2 Å². The van der Waals surface area contributed by atoms with Crippen LogP contribution in [-0.2, 0) is 16.1 Å². The molecule has 3 aromatic carbocycles. The van der Waals surface area contributed by atoms with Gasteiger partial charge in [-0.1, -0.05) is 34.1 Å². The van der Waals surface area contributed by atoms with Crippen LogP contribution in [0.4, 0.5) is 5.69 Å². The summed E-state index contributed by atoms with van der Waals surface area (Å²) in [4.78, 5) is 27.5. The fourth-order valence-electron chi connectivity index (χ4n) is 3.44. The van der Waals surface area contributed by atoms with E-state index in [4.69, 9.17) is 14.2 Å². The summed E-state index contributed by atoms with van der Waals surface area (Å²) in [6.45, 7) is 4.26. The van der Waals surface area contributed by atoms with Gasteiger partial charge in [0.2, 0.25) is 5.90 Å². The van der Waals surface area contributed by atoms with Crippen molar-refractivity contribution in [3.63, 3.8) is 0 Å². The molecule has 0 saturated carbocycles. The second-order valence-electron chi connectivity index (χ2n) is 7.77. The molecule has 0 fully saturated rings. The van der Waals surface area contributed by atoms with E-state index in [1.165, 1.54) is 6.07 Å². The molecule has 1 heterocycles. The summed E-state index contributed by atoms with van der Waals surface area (Å²) in [6, 6.07) is 15.9. The molecule has 0 spiro atoms. The smallest absolute Gasteiger partial charge is 0.363 e. The number of rotatable bonds is 8. The van der Waals surface area contributed by atoms with Crippen molar-refractivity contribution in [2.24, 2.45) is 4.99 Å². The quantitative estimate of drug-likeness (QED) is 0.120. The van der Waals surface area contributed by atoms with Crippen LogP contribution in [0.1, 0.15) is 29.2 Å². The van der Waals surface area contributed by atoms with Crippen LogP contribution in [0.25, 0.3) is 6.08 Å². The van der Waals surface area contributed by atoms with Gasteiger partial charge in [0, 0.05) is 21.7 Å². The number of nitrogens with zero attached hydrogens (tertiary/aromatic N) is 2. The number of nitro benzene ring substituents is 1. The molecule has 3 aromatic rings. The highest BCUT2D eigenvalue weighted by molar-refractivity contribution is 9.10. The zero-order valence-electron chi connectivity index (χ0n) is 19.3. The predicted molar refractivity (Wildman–Crippen MR) is 142 cm³/mol. The zero-order valence-corrected chi connectivity index (χ0v) is 22.5. The second kappa shape index (κ2) is 11.0. The number of hydrogen-bond donors (Lipinski definition) is 0. The number of nitro groups is 1. The van der Waals surface area contributed by atoms with Crippen molar-refractivity contribution in [2.75, 3.05) is 6.61 Å². The number of carbonyl (C=O) groups is 1. The number of ether oxygens (including phenoxy) is 3. The molecule has 1 aliphatic rings. The summed E-state index contributed by atoms with van der Waals surface area (Å²) in [6.07, 6.45) is 1.56. The van der Waals surface area contributed by atoms with E-state index in [2.05, 4.69) is 36.9 Å². The van der Waals surface area contributed by atoms with Gasteiger partial charge in [-0.2, -0.15) is 0 Å². The summed E-state index contributed by atoms with van der Waals surface area (Å²) in [5.41, 5.74) is 2.45. The molecule has 0 radical (unpaired) electrons. The first kappa shape index (κ1) is 25.6. The van der Waals surface area contributed by atoms with Crippen LogP contribution in [0.3, 0.4) is 0 Å². The lowest BCUT2D eigenvalue weighted by Gasteiger charge is -2.15. The van der Waals surface area contributed by atoms with Gasteiger partial charge in [-0.25, -0.2) is 9.79 Å². The topological polar surface area (TPSA) is 100 Å². The van der Waals surface area contributed by atoms with E-state index >= 15 is 0 Å². The number of benzene rings is 3. The Morgan fingerprint density at radius 2 is 1.83 bits per heavy atom. The normalized spacial score (nSPS) is 13.9. The highest BCUT2D eigenvalue weighted by Crippen LogP contribution is 2.38. The molecule has 0 aliphatic carbocycles. The monoisotopic (exact) mass is 614 g/mol. The van der Waals surface area contributed by atoms with Gasteiger partial charge >= 0.3 is 5.97 Å². The summed E-state index contributed by atoms with van der Waals surface area (Å²) >= 11 is 6.96. The maximum absolute atomic E-state index is 12.5. The van der Waals surface area contributed by atoms with E-state index in [-0.39, 0.29) is 17.3 Å². The van der Waals surface area contributed by atoms with Crippen molar-refractivity contribution < 1.29 is 23.9 Å². The third kappa shape index (κ3) is 5.83. The largest absolute Gasteiger partial charge is 0.490 e.